The van der Waals surface area contributed by atoms with Gasteiger partial charge in [-0.05, 0) is 38.3 Å². The van der Waals surface area contributed by atoms with E-state index in [1.807, 2.05) is 6.92 Å². The van der Waals surface area contributed by atoms with Gasteiger partial charge in [-0.3, -0.25) is 4.79 Å². The third-order valence-corrected chi connectivity index (χ3v) is 5.50. The second-order valence-electron chi connectivity index (χ2n) is 6.65. The highest BCUT2D eigenvalue weighted by atomic mass is 16.7. The first-order valence-electron chi connectivity index (χ1n) is 8.72. The average Bonchev–Trinajstić information content (AvgIpc) is 3.26. The van der Waals surface area contributed by atoms with Gasteiger partial charge >= 0.3 is 0 Å². The molecular formula is C18H27NO5. The van der Waals surface area contributed by atoms with E-state index in [9.17, 15) is 4.79 Å². The van der Waals surface area contributed by atoms with E-state index in [0.29, 0.717) is 5.76 Å². The molecule has 0 radical (unpaired) electrons. The lowest BCUT2D eigenvalue weighted by Crippen LogP contribution is -2.63. The van der Waals surface area contributed by atoms with Crippen LogP contribution in [0.4, 0.5) is 0 Å². The van der Waals surface area contributed by atoms with E-state index in [-0.39, 0.29) is 29.2 Å². The summed E-state index contributed by atoms with van der Waals surface area (Å²) in [5.41, 5.74) is 0.114. The van der Waals surface area contributed by atoms with Crippen molar-refractivity contribution in [2.75, 3.05) is 20.8 Å². The molecule has 1 N–H and O–H groups in total. The third-order valence-electron chi connectivity index (χ3n) is 5.50. The molecule has 1 amide bonds. The number of amides is 1. The fraction of sp³-hybridized carbons (Fsp3) is 0.722. The molecule has 24 heavy (non-hydrogen) atoms. The van der Waals surface area contributed by atoms with Crippen molar-refractivity contribution in [3.05, 3.63) is 23.7 Å². The van der Waals surface area contributed by atoms with Gasteiger partial charge in [0.25, 0.3) is 5.91 Å². The zero-order chi connectivity index (χ0) is 17.2. The Balaban J connectivity index is 1.65. The molecule has 1 spiro atoms. The summed E-state index contributed by atoms with van der Waals surface area (Å²) < 4.78 is 21.8. The maximum atomic E-state index is 12.5. The van der Waals surface area contributed by atoms with Gasteiger partial charge in [0, 0.05) is 32.3 Å². The van der Waals surface area contributed by atoms with Crippen LogP contribution in [-0.2, 0) is 14.2 Å². The highest BCUT2D eigenvalue weighted by molar-refractivity contribution is 5.91. The van der Waals surface area contributed by atoms with E-state index >= 15 is 0 Å². The molecule has 3 rings (SSSR count). The van der Waals surface area contributed by atoms with Crippen molar-refractivity contribution in [3.63, 3.8) is 0 Å². The number of carbonyl (C=O) groups excluding carboxylic acids is 1. The molecule has 1 aromatic heterocycles. The number of rotatable bonds is 7. The number of nitrogens with one attached hydrogen (secondary N) is 1. The van der Waals surface area contributed by atoms with Crippen molar-refractivity contribution in [1.82, 2.24) is 5.32 Å². The van der Waals surface area contributed by atoms with Gasteiger partial charge in [-0.2, -0.15) is 0 Å². The maximum Gasteiger partial charge on any atom is 0.287 e. The Labute approximate surface area is 142 Å². The Kier molecular flexibility index (Phi) is 5.27. The molecule has 2 aliphatic rings. The van der Waals surface area contributed by atoms with E-state index in [1.54, 1.807) is 12.1 Å². The van der Waals surface area contributed by atoms with Gasteiger partial charge in [0.2, 0.25) is 6.29 Å². The minimum Gasteiger partial charge on any atom is -0.451 e. The van der Waals surface area contributed by atoms with Crippen molar-refractivity contribution in [3.8, 4) is 0 Å². The molecule has 1 aromatic rings. The van der Waals surface area contributed by atoms with Gasteiger partial charge in [-0.15, -0.1) is 0 Å². The molecule has 2 aliphatic carbocycles. The standard InChI is InChI=1S/C18H27NO5/c1-4-23-15-11-14(18(15)9-5-6-10-18)19-16(20)12-7-8-13(24-12)17(21-2)22-3/h7-8,14-15,17H,4-6,9-11H2,1-3H3,(H,19,20)/t14-,15+/m1/s1. The summed E-state index contributed by atoms with van der Waals surface area (Å²) in [6.45, 7) is 2.75. The van der Waals surface area contributed by atoms with Crippen LogP contribution in [0.15, 0.2) is 16.5 Å². The summed E-state index contributed by atoms with van der Waals surface area (Å²) in [5, 5.41) is 3.15. The van der Waals surface area contributed by atoms with Crippen LogP contribution in [0.2, 0.25) is 0 Å². The summed E-state index contributed by atoms with van der Waals surface area (Å²) in [6, 6.07) is 3.54. The van der Waals surface area contributed by atoms with E-state index in [1.165, 1.54) is 27.1 Å². The van der Waals surface area contributed by atoms with Crippen LogP contribution < -0.4 is 5.32 Å². The predicted octanol–water partition coefficient (Wildman–Crippen LogP) is 3.04. The average molecular weight is 337 g/mol. The molecule has 0 unspecified atom stereocenters. The van der Waals surface area contributed by atoms with Crippen LogP contribution in [0.5, 0.6) is 0 Å². The minimum atomic E-state index is -0.598. The first kappa shape index (κ1) is 17.5. The fourth-order valence-corrected chi connectivity index (χ4v) is 4.25. The second-order valence-corrected chi connectivity index (χ2v) is 6.65. The fourth-order valence-electron chi connectivity index (χ4n) is 4.25. The molecule has 0 saturated heterocycles. The van der Waals surface area contributed by atoms with Crippen LogP contribution >= 0.6 is 0 Å². The summed E-state index contributed by atoms with van der Waals surface area (Å²) in [6.07, 6.45) is 5.23. The first-order chi connectivity index (χ1) is 11.6. The van der Waals surface area contributed by atoms with Gasteiger partial charge in [0.15, 0.2) is 11.5 Å². The lowest BCUT2D eigenvalue weighted by Gasteiger charge is -2.53. The van der Waals surface area contributed by atoms with Crippen molar-refractivity contribution in [2.24, 2.45) is 5.41 Å². The predicted molar refractivity (Wildman–Crippen MR) is 87.7 cm³/mol. The normalized spacial score (nSPS) is 25.2. The third kappa shape index (κ3) is 2.98. The molecule has 1 heterocycles. The van der Waals surface area contributed by atoms with Crippen molar-refractivity contribution in [1.29, 1.82) is 0 Å². The summed E-state index contributed by atoms with van der Waals surface area (Å²) in [4.78, 5) is 12.5. The smallest absolute Gasteiger partial charge is 0.287 e. The Morgan fingerprint density at radius 1 is 1.33 bits per heavy atom. The zero-order valence-electron chi connectivity index (χ0n) is 14.7. The maximum absolute atomic E-state index is 12.5. The minimum absolute atomic E-state index is 0.114. The highest BCUT2D eigenvalue weighted by Gasteiger charge is 2.57. The Hall–Kier alpha value is -1.37. The summed E-state index contributed by atoms with van der Waals surface area (Å²) >= 11 is 0. The van der Waals surface area contributed by atoms with Crippen molar-refractivity contribution in [2.45, 2.75) is 57.5 Å². The molecule has 0 aromatic carbocycles. The SMILES string of the molecule is CCO[C@H]1C[C@@H](NC(=O)c2ccc(C(OC)OC)o2)C12CCCC2. The van der Waals surface area contributed by atoms with Crippen LogP contribution in [0.25, 0.3) is 0 Å². The topological polar surface area (TPSA) is 69.9 Å². The zero-order valence-corrected chi connectivity index (χ0v) is 14.7. The Bertz CT molecular complexity index is 560. The Morgan fingerprint density at radius 3 is 2.67 bits per heavy atom. The number of hydrogen-bond acceptors (Lipinski definition) is 5. The molecule has 6 nitrogen and oxygen atoms in total. The van der Waals surface area contributed by atoms with Crippen molar-refractivity contribution < 1.29 is 23.4 Å². The van der Waals surface area contributed by atoms with E-state index in [0.717, 1.165) is 25.9 Å². The highest BCUT2D eigenvalue weighted by Crippen LogP contribution is 2.54. The quantitative estimate of drug-likeness (QED) is 0.775. The van der Waals surface area contributed by atoms with Crippen LogP contribution in [0.1, 0.15) is 61.6 Å². The van der Waals surface area contributed by atoms with Gasteiger partial charge in [-0.1, -0.05) is 12.8 Å². The molecule has 134 valence electrons. The molecule has 0 bridgehead atoms. The number of ether oxygens (including phenoxy) is 3. The van der Waals surface area contributed by atoms with Gasteiger partial charge < -0.3 is 23.9 Å². The molecule has 6 heteroatoms. The monoisotopic (exact) mass is 337 g/mol. The Morgan fingerprint density at radius 2 is 2.04 bits per heavy atom. The molecular weight excluding hydrogens is 310 g/mol. The molecule has 2 fully saturated rings. The van der Waals surface area contributed by atoms with E-state index in [2.05, 4.69) is 5.32 Å². The molecule has 2 atom stereocenters. The molecule has 0 aliphatic heterocycles. The number of carbonyl (C=O) groups is 1. The van der Waals surface area contributed by atoms with Gasteiger partial charge in [-0.25, -0.2) is 0 Å². The van der Waals surface area contributed by atoms with Gasteiger partial charge in [0.1, 0.15) is 0 Å². The second kappa shape index (κ2) is 7.25. The van der Waals surface area contributed by atoms with Crippen LogP contribution in [-0.4, -0.2) is 38.9 Å². The van der Waals surface area contributed by atoms with Crippen LogP contribution in [0.3, 0.4) is 0 Å². The summed E-state index contributed by atoms with van der Waals surface area (Å²) in [5.74, 6) is 0.595. The number of furan rings is 1. The van der Waals surface area contributed by atoms with Crippen LogP contribution in [0, 0.1) is 5.41 Å². The first-order valence-corrected chi connectivity index (χ1v) is 8.72. The number of hydrogen-bond donors (Lipinski definition) is 1. The summed E-state index contributed by atoms with van der Waals surface area (Å²) in [7, 11) is 3.06. The number of methoxy groups -OCH3 is 2. The largest absolute Gasteiger partial charge is 0.451 e. The molecule has 2 saturated carbocycles. The van der Waals surface area contributed by atoms with Gasteiger partial charge in [0.05, 0.1) is 6.10 Å². The van der Waals surface area contributed by atoms with Crippen molar-refractivity contribution >= 4 is 5.91 Å². The van der Waals surface area contributed by atoms with E-state index < -0.39 is 6.29 Å². The van der Waals surface area contributed by atoms with E-state index in [4.69, 9.17) is 18.6 Å². The lowest BCUT2D eigenvalue weighted by molar-refractivity contribution is -0.127. The lowest BCUT2D eigenvalue weighted by atomic mass is 9.60.